The van der Waals surface area contributed by atoms with Crippen LogP contribution in [0.15, 0.2) is 24.7 Å². The summed E-state index contributed by atoms with van der Waals surface area (Å²) in [5, 5.41) is 14.9. The number of nitrogens with zero attached hydrogens (tertiary/aromatic N) is 4. The second-order valence-corrected chi connectivity index (χ2v) is 5.15. The molecule has 2 aromatic rings. The van der Waals surface area contributed by atoms with Crippen molar-refractivity contribution in [1.82, 2.24) is 19.7 Å². The molecule has 20 heavy (non-hydrogen) atoms. The Kier molecular flexibility index (Phi) is 4.69. The number of aromatic nitrogens is 3. The molecule has 0 bridgehead atoms. The van der Waals surface area contributed by atoms with Gasteiger partial charge in [-0.1, -0.05) is 11.6 Å². The van der Waals surface area contributed by atoms with E-state index in [9.17, 15) is 9.50 Å². The van der Waals surface area contributed by atoms with Gasteiger partial charge in [-0.05, 0) is 20.2 Å². The lowest BCUT2D eigenvalue weighted by atomic mass is 10.1. The first kappa shape index (κ1) is 14.9. The Hall–Kier alpha value is -1.50. The van der Waals surface area contributed by atoms with E-state index in [1.165, 1.54) is 18.5 Å². The maximum atomic E-state index is 13.2. The van der Waals surface area contributed by atoms with Crippen LogP contribution in [-0.2, 0) is 6.54 Å². The summed E-state index contributed by atoms with van der Waals surface area (Å²) in [6.07, 6.45) is 2.91. The van der Waals surface area contributed by atoms with E-state index in [4.69, 9.17) is 11.6 Å². The molecule has 2 aromatic heterocycles. The van der Waals surface area contributed by atoms with Crippen molar-refractivity contribution < 1.29 is 9.50 Å². The predicted octanol–water partition coefficient (Wildman–Crippen LogP) is 1.71. The molecule has 0 aliphatic heterocycles. The van der Waals surface area contributed by atoms with Crippen LogP contribution in [0.4, 0.5) is 4.39 Å². The van der Waals surface area contributed by atoms with Crippen LogP contribution in [0.2, 0.25) is 5.02 Å². The number of aliphatic hydroxyl groups is 1. The molecule has 0 aromatic carbocycles. The second-order valence-electron chi connectivity index (χ2n) is 4.74. The summed E-state index contributed by atoms with van der Waals surface area (Å²) in [7, 11) is 3.88. The summed E-state index contributed by atoms with van der Waals surface area (Å²) in [4.78, 5) is 5.73. The highest BCUT2D eigenvalue weighted by Crippen LogP contribution is 2.28. The van der Waals surface area contributed by atoms with Crippen LogP contribution in [-0.4, -0.2) is 45.4 Å². The quantitative estimate of drug-likeness (QED) is 0.913. The van der Waals surface area contributed by atoms with Crippen molar-refractivity contribution in [3.63, 3.8) is 0 Å². The predicted molar refractivity (Wildman–Crippen MR) is 74.0 cm³/mol. The van der Waals surface area contributed by atoms with Crippen molar-refractivity contribution in [2.75, 3.05) is 20.6 Å². The Morgan fingerprint density at radius 3 is 2.80 bits per heavy atom. The van der Waals surface area contributed by atoms with Crippen LogP contribution in [0.3, 0.4) is 0 Å². The minimum absolute atomic E-state index is 0.346. The van der Waals surface area contributed by atoms with E-state index >= 15 is 0 Å². The zero-order valence-electron chi connectivity index (χ0n) is 11.3. The standard InChI is InChI=1S/C13H16ClFN4O/c1-18(2)3-4-19-12(11(14)8-17-19)13(20)9-5-10(15)7-16-6-9/h5-8,13,20H,3-4H2,1-2H3. The minimum Gasteiger partial charge on any atom is -0.382 e. The molecule has 5 nitrogen and oxygen atoms in total. The third kappa shape index (κ3) is 3.33. The van der Waals surface area contributed by atoms with E-state index in [2.05, 4.69) is 10.1 Å². The molecule has 0 saturated carbocycles. The summed E-state index contributed by atoms with van der Waals surface area (Å²) < 4.78 is 14.8. The SMILES string of the molecule is CN(C)CCn1ncc(Cl)c1C(O)c1cncc(F)c1. The highest BCUT2D eigenvalue weighted by Gasteiger charge is 2.20. The van der Waals surface area contributed by atoms with E-state index in [0.717, 1.165) is 12.7 Å². The van der Waals surface area contributed by atoms with Gasteiger partial charge in [-0.25, -0.2) is 4.39 Å². The molecule has 0 saturated heterocycles. The Bertz CT molecular complexity index is 588. The van der Waals surface area contributed by atoms with Gasteiger partial charge in [0.2, 0.25) is 0 Å². The summed E-state index contributed by atoms with van der Waals surface area (Å²) in [5.41, 5.74) is 0.791. The fraction of sp³-hybridized carbons (Fsp3) is 0.385. The molecule has 0 spiro atoms. The maximum absolute atomic E-state index is 13.2. The Labute approximate surface area is 121 Å². The summed E-state index contributed by atoms with van der Waals surface area (Å²) in [5.74, 6) is -0.503. The van der Waals surface area contributed by atoms with Crippen molar-refractivity contribution in [1.29, 1.82) is 0 Å². The highest BCUT2D eigenvalue weighted by molar-refractivity contribution is 6.31. The Morgan fingerprint density at radius 1 is 1.40 bits per heavy atom. The molecule has 0 amide bonds. The van der Waals surface area contributed by atoms with Crippen molar-refractivity contribution >= 4 is 11.6 Å². The van der Waals surface area contributed by atoms with Crippen molar-refractivity contribution in [3.05, 3.63) is 46.8 Å². The molecule has 1 atom stereocenters. The first-order valence-electron chi connectivity index (χ1n) is 6.13. The van der Waals surface area contributed by atoms with Crippen LogP contribution >= 0.6 is 11.6 Å². The molecule has 0 fully saturated rings. The van der Waals surface area contributed by atoms with E-state index in [0.29, 0.717) is 22.8 Å². The van der Waals surface area contributed by atoms with E-state index < -0.39 is 11.9 Å². The maximum Gasteiger partial charge on any atom is 0.141 e. The van der Waals surface area contributed by atoms with Crippen LogP contribution in [0.1, 0.15) is 17.4 Å². The van der Waals surface area contributed by atoms with Gasteiger partial charge in [0.05, 0.1) is 29.7 Å². The van der Waals surface area contributed by atoms with Gasteiger partial charge < -0.3 is 10.0 Å². The molecule has 0 aliphatic carbocycles. The second kappa shape index (κ2) is 6.30. The molecule has 2 heterocycles. The largest absolute Gasteiger partial charge is 0.382 e. The third-order valence-electron chi connectivity index (χ3n) is 2.89. The number of rotatable bonds is 5. The zero-order chi connectivity index (χ0) is 14.7. The number of halogens is 2. The fourth-order valence-corrected chi connectivity index (χ4v) is 2.10. The summed E-state index contributed by atoms with van der Waals surface area (Å²) in [6, 6.07) is 1.23. The van der Waals surface area contributed by atoms with Gasteiger partial charge in [0, 0.05) is 18.3 Å². The topological polar surface area (TPSA) is 54.2 Å². The lowest BCUT2D eigenvalue weighted by molar-refractivity contribution is 0.205. The average Bonchev–Trinajstić information content (AvgIpc) is 2.76. The molecule has 1 N–H and O–H groups in total. The van der Waals surface area contributed by atoms with Gasteiger partial charge in [-0.3, -0.25) is 9.67 Å². The van der Waals surface area contributed by atoms with Crippen LogP contribution < -0.4 is 0 Å². The van der Waals surface area contributed by atoms with Gasteiger partial charge in [-0.15, -0.1) is 0 Å². The number of pyridine rings is 1. The lowest BCUT2D eigenvalue weighted by Crippen LogP contribution is -2.21. The first-order chi connectivity index (χ1) is 9.49. The van der Waals surface area contributed by atoms with Crippen molar-refractivity contribution in [2.24, 2.45) is 0 Å². The van der Waals surface area contributed by atoms with Crippen molar-refractivity contribution in [3.8, 4) is 0 Å². The smallest absolute Gasteiger partial charge is 0.141 e. The van der Waals surface area contributed by atoms with Crippen LogP contribution in [0.25, 0.3) is 0 Å². The molecule has 1 unspecified atom stereocenters. The summed E-state index contributed by atoms with van der Waals surface area (Å²) >= 11 is 6.07. The molecular weight excluding hydrogens is 283 g/mol. The number of hydrogen-bond acceptors (Lipinski definition) is 4. The van der Waals surface area contributed by atoms with Gasteiger partial charge >= 0.3 is 0 Å². The summed E-state index contributed by atoms with van der Waals surface area (Å²) in [6.45, 7) is 1.33. The van der Waals surface area contributed by atoms with E-state index in [-0.39, 0.29) is 0 Å². The Balaban J connectivity index is 2.29. The monoisotopic (exact) mass is 298 g/mol. The molecular formula is C13H16ClFN4O. The average molecular weight is 299 g/mol. The third-order valence-corrected chi connectivity index (χ3v) is 3.18. The van der Waals surface area contributed by atoms with E-state index in [1.54, 1.807) is 4.68 Å². The lowest BCUT2D eigenvalue weighted by Gasteiger charge is -2.16. The Morgan fingerprint density at radius 2 is 2.15 bits per heavy atom. The fourth-order valence-electron chi connectivity index (χ4n) is 1.85. The number of aliphatic hydroxyl groups excluding tert-OH is 1. The molecule has 0 aliphatic rings. The first-order valence-corrected chi connectivity index (χ1v) is 6.51. The van der Waals surface area contributed by atoms with Gasteiger partial charge in [0.15, 0.2) is 0 Å². The highest BCUT2D eigenvalue weighted by atomic mass is 35.5. The van der Waals surface area contributed by atoms with Crippen LogP contribution in [0.5, 0.6) is 0 Å². The van der Waals surface area contributed by atoms with E-state index in [1.807, 2.05) is 19.0 Å². The molecule has 108 valence electrons. The molecule has 7 heteroatoms. The van der Waals surface area contributed by atoms with Crippen LogP contribution in [0, 0.1) is 5.82 Å². The number of likely N-dealkylation sites (N-methyl/N-ethyl adjacent to an activating group) is 1. The van der Waals surface area contributed by atoms with Gasteiger partial charge in [0.1, 0.15) is 11.9 Å². The van der Waals surface area contributed by atoms with Gasteiger partial charge in [0.25, 0.3) is 0 Å². The number of hydrogen-bond donors (Lipinski definition) is 1. The zero-order valence-corrected chi connectivity index (χ0v) is 12.0. The minimum atomic E-state index is -1.06. The van der Waals surface area contributed by atoms with Crippen molar-refractivity contribution in [2.45, 2.75) is 12.6 Å². The normalized spacial score (nSPS) is 12.9. The molecule has 2 rings (SSSR count). The molecule has 0 radical (unpaired) electrons. The van der Waals surface area contributed by atoms with Gasteiger partial charge in [-0.2, -0.15) is 5.10 Å².